The molecule has 0 bridgehead atoms. The van der Waals surface area contributed by atoms with Crippen molar-refractivity contribution in [1.29, 1.82) is 0 Å². The van der Waals surface area contributed by atoms with Gasteiger partial charge in [0.2, 0.25) is 0 Å². The van der Waals surface area contributed by atoms with Crippen LogP contribution in [0.1, 0.15) is 10.4 Å². The Morgan fingerprint density at radius 1 is 1.00 bits per heavy atom. The number of nitro benzene ring substituents is 1. The van der Waals surface area contributed by atoms with Gasteiger partial charge in [0, 0.05) is 22.6 Å². The summed E-state index contributed by atoms with van der Waals surface area (Å²) in [5.74, 6) is -7.29. The summed E-state index contributed by atoms with van der Waals surface area (Å²) in [4.78, 5) is 21.4. The Hall–Kier alpha value is -2.25. The first-order valence-corrected chi connectivity index (χ1v) is 9.20. The van der Waals surface area contributed by atoms with Crippen LogP contribution in [0.3, 0.4) is 0 Å². The van der Waals surface area contributed by atoms with Gasteiger partial charge in [-0.25, -0.2) is 0 Å². The third-order valence-corrected chi connectivity index (χ3v) is 5.12. The summed E-state index contributed by atoms with van der Waals surface area (Å²) in [7, 11) is 0. The van der Waals surface area contributed by atoms with Gasteiger partial charge in [-0.3, -0.25) is 14.9 Å². The molecule has 0 radical (unpaired) electrons. The number of carbonyl (C=O) groups excluding carboxylic acids is 1. The van der Waals surface area contributed by atoms with Crippen molar-refractivity contribution in [3.63, 3.8) is 0 Å². The highest BCUT2D eigenvalue weighted by Gasteiger charge is 2.73. The second kappa shape index (κ2) is 8.71. The van der Waals surface area contributed by atoms with Gasteiger partial charge in [0.05, 0.1) is 20.7 Å². The van der Waals surface area contributed by atoms with Gasteiger partial charge in [-0.05, 0) is 30.0 Å². The number of non-ortho nitro benzene ring substituents is 1. The molecule has 15 heteroatoms. The second-order valence-electron chi connectivity index (χ2n) is 5.71. The van der Waals surface area contributed by atoms with Crippen LogP contribution in [0, 0.1) is 10.1 Å². The Morgan fingerprint density at radius 3 is 2.03 bits per heavy atom. The van der Waals surface area contributed by atoms with E-state index in [1.807, 2.05) is 0 Å². The van der Waals surface area contributed by atoms with E-state index in [1.54, 1.807) is 0 Å². The fourth-order valence-electron chi connectivity index (χ4n) is 2.05. The van der Waals surface area contributed by atoms with Crippen LogP contribution in [0.5, 0.6) is 0 Å². The minimum absolute atomic E-state index is 0.198. The zero-order valence-electron chi connectivity index (χ0n) is 14.4. The van der Waals surface area contributed by atoms with Crippen molar-refractivity contribution in [3.05, 3.63) is 62.1 Å². The molecule has 2 rings (SSSR count). The smallest absolute Gasteiger partial charge is 0.319 e. The van der Waals surface area contributed by atoms with Crippen LogP contribution in [-0.2, 0) is 0 Å². The number of carbonyl (C=O) groups is 1. The minimum atomic E-state index is -6.51. The van der Waals surface area contributed by atoms with Crippen LogP contribution in [0.15, 0.2) is 41.3 Å². The summed E-state index contributed by atoms with van der Waals surface area (Å²) in [5.41, 5.74) is -0.990. The third kappa shape index (κ3) is 5.33. The molecule has 0 aromatic heterocycles. The molecule has 0 aliphatic rings. The zero-order valence-corrected chi connectivity index (χ0v) is 16.8. The SMILES string of the molecule is O=C(Nc1c(Cl)cc(SC(F)(F)C(F)(F)C(F)(F)F)cc1Cl)c1cccc([N+](=O)[O-])c1. The standard InChI is InChI=1S/C16H7Cl2F7N2O3S/c17-10-5-9(31-16(24,25)14(19,20)15(21,22)23)6-11(18)12(10)26-13(28)7-2-1-3-8(4-7)27(29)30/h1-6H,(H,26,28). The van der Waals surface area contributed by atoms with Gasteiger partial charge >= 0.3 is 17.4 Å². The summed E-state index contributed by atoms with van der Waals surface area (Å²) in [6, 6.07) is 5.64. The maximum Gasteiger partial charge on any atom is 0.460 e. The maximum atomic E-state index is 13.6. The van der Waals surface area contributed by atoms with Crippen LogP contribution in [0.25, 0.3) is 0 Å². The van der Waals surface area contributed by atoms with Crippen molar-refractivity contribution in [1.82, 2.24) is 0 Å². The van der Waals surface area contributed by atoms with Gasteiger partial charge in [-0.2, -0.15) is 30.7 Å². The quantitative estimate of drug-likeness (QED) is 0.196. The Bertz CT molecular complexity index is 1010. The normalized spacial score (nSPS) is 12.5. The molecule has 0 unspecified atom stereocenters. The van der Waals surface area contributed by atoms with Crippen molar-refractivity contribution >= 4 is 52.2 Å². The molecule has 168 valence electrons. The molecule has 1 N–H and O–H groups in total. The van der Waals surface area contributed by atoms with E-state index in [0.29, 0.717) is 12.1 Å². The zero-order chi connectivity index (χ0) is 23.8. The number of hydrogen-bond donors (Lipinski definition) is 1. The van der Waals surface area contributed by atoms with Crippen LogP contribution in [0.4, 0.5) is 42.1 Å². The van der Waals surface area contributed by atoms with E-state index >= 15 is 0 Å². The average molecular weight is 511 g/mol. The molecule has 0 aliphatic heterocycles. The summed E-state index contributed by atoms with van der Waals surface area (Å²) in [6.45, 7) is 0. The van der Waals surface area contributed by atoms with Crippen LogP contribution in [-0.4, -0.2) is 28.2 Å². The lowest BCUT2D eigenvalue weighted by Crippen LogP contribution is -2.49. The van der Waals surface area contributed by atoms with E-state index in [-0.39, 0.29) is 11.3 Å². The largest absolute Gasteiger partial charge is 0.460 e. The fraction of sp³-hybridized carbons (Fsp3) is 0.188. The average Bonchev–Trinajstić information content (AvgIpc) is 2.63. The number of thioether (sulfide) groups is 1. The molecule has 0 saturated heterocycles. The molecule has 5 nitrogen and oxygen atoms in total. The lowest BCUT2D eigenvalue weighted by molar-refractivity contribution is -0.384. The monoisotopic (exact) mass is 510 g/mol. The topological polar surface area (TPSA) is 72.2 Å². The van der Waals surface area contributed by atoms with E-state index in [1.165, 1.54) is 12.1 Å². The summed E-state index contributed by atoms with van der Waals surface area (Å²) < 4.78 is 90.0. The van der Waals surface area contributed by atoms with E-state index in [0.717, 1.165) is 12.1 Å². The first-order valence-electron chi connectivity index (χ1n) is 7.63. The highest BCUT2D eigenvalue weighted by Crippen LogP contribution is 2.54. The van der Waals surface area contributed by atoms with Gasteiger partial charge in [0.1, 0.15) is 0 Å². The Labute approximate surface area is 182 Å². The van der Waals surface area contributed by atoms with Gasteiger partial charge in [0.25, 0.3) is 11.6 Å². The molecule has 0 heterocycles. The van der Waals surface area contributed by atoms with E-state index in [4.69, 9.17) is 23.2 Å². The Morgan fingerprint density at radius 2 is 1.55 bits per heavy atom. The molecule has 2 aromatic rings. The number of rotatable bonds is 6. The lowest BCUT2D eigenvalue weighted by Gasteiger charge is -2.27. The van der Waals surface area contributed by atoms with Gasteiger partial charge in [0.15, 0.2) is 0 Å². The number of alkyl halides is 7. The third-order valence-electron chi connectivity index (χ3n) is 3.54. The molecule has 2 aromatic carbocycles. The highest BCUT2D eigenvalue weighted by molar-refractivity contribution is 8.00. The van der Waals surface area contributed by atoms with Crippen molar-refractivity contribution in [2.45, 2.75) is 22.2 Å². The predicted octanol–water partition coefficient (Wildman–Crippen LogP) is 7.04. The minimum Gasteiger partial charge on any atom is -0.319 e. The molecule has 0 saturated carbocycles. The first kappa shape index (κ1) is 25.0. The number of benzene rings is 2. The fourth-order valence-corrected chi connectivity index (χ4v) is 3.66. The number of anilines is 1. The molecule has 31 heavy (non-hydrogen) atoms. The highest BCUT2D eigenvalue weighted by atomic mass is 35.5. The van der Waals surface area contributed by atoms with E-state index in [9.17, 15) is 45.6 Å². The molecule has 1 amide bonds. The molecule has 0 aliphatic carbocycles. The summed E-state index contributed by atoms with van der Waals surface area (Å²) >= 11 is 10.5. The number of nitro groups is 1. The van der Waals surface area contributed by atoms with E-state index < -0.39 is 60.6 Å². The number of nitrogens with zero attached hydrogens (tertiary/aromatic N) is 1. The first-order chi connectivity index (χ1) is 14.1. The van der Waals surface area contributed by atoms with Crippen LogP contribution in [0.2, 0.25) is 10.0 Å². The lowest BCUT2D eigenvalue weighted by atomic mass is 10.2. The predicted molar refractivity (Wildman–Crippen MR) is 99.3 cm³/mol. The molecule has 0 fully saturated rings. The van der Waals surface area contributed by atoms with Gasteiger partial charge in [-0.15, -0.1) is 0 Å². The summed E-state index contributed by atoms with van der Waals surface area (Å²) in [5, 5.41) is 6.22. The molecular weight excluding hydrogens is 504 g/mol. The van der Waals surface area contributed by atoms with Gasteiger partial charge in [-0.1, -0.05) is 29.3 Å². The number of nitrogens with one attached hydrogen (secondary N) is 1. The molecular formula is C16H7Cl2F7N2O3S. The van der Waals surface area contributed by atoms with Crippen LogP contribution < -0.4 is 5.32 Å². The second-order valence-corrected chi connectivity index (χ2v) is 7.72. The van der Waals surface area contributed by atoms with Crippen molar-refractivity contribution in [2.24, 2.45) is 0 Å². The number of amides is 1. The Balaban J connectivity index is 2.29. The van der Waals surface area contributed by atoms with Crippen molar-refractivity contribution < 1.29 is 40.5 Å². The van der Waals surface area contributed by atoms with Gasteiger partial charge < -0.3 is 5.32 Å². The maximum absolute atomic E-state index is 13.6. The molecule has 0 atom stereocenters. The van der Waals surface area contributed by atoms with Crippen LogP contribution >= 0.6 is 35.0 Å². The molecule has 0 spiro atoms. The number of hydrogen-bond acceptors (Lipinski definition) is 4. The summed E-state index contributed by atoms with van der Waals surface area (Å²) in [6.07, 6.45) is -6.51. The van der Waals surface area contributed by atoms with Crippen molar-refractivity contribution in [3.8, 4) is 0 Å². The van der Waals surface area contributed by atoms with Crippen molar-refractivity contribution in [2.75, 3.05) is 5.32 Å². The Kier molecular flexibility index (Phi) is 7.03. The number of halogens is 9. The van der Waals surface area contributed by atoms with E-state index in [2.05, 4.69) is 5.32 Å².